The van der Waals surface area contributed by atoms with Crippen molar-refractivity contribution in [2.24, 2.45) is 0 Å². The second kappa shape index (κ2) is 6.76. The van der Waals surface area contributed by atoms with Gasteiger partial charge in [0.1, 0.15) is 5.75 Å². The summed E-state index contributed by atoms with van der Waals surface area (Å²) in [6, 6.07) is 6.80. The first-order valence-electron chi connectivity index (χ1n) is 6.95. The second-order valence-electron chi connectivity index (χ2n) is 4.79. The zero-order chi connectivity index (χ0) is 12.8. The van der Waals surface area contributed by atoms with Crippen molar-refractivity contribution in [3.05, 3.63) is 29.3 Å². The molecule has 0 heterocycles. The summed E-state index contributed by atoms with van der Waals surface area (Å²) in [4.78, 5) is 0. The van der Waals surface area contributed by atoms with Crippen molar-refractivity contribution in [1.29, 1.82) is 0 Å². The summed E-state index contributed by atoms with van der Waals surface area (Å²) in [6.45, 7) is 4.05. The van der Waals surface area contributed by atoms with Crippen LogP contribution in [0.25, 0.3) is 0 Å². The summed E-state index contributed by atoms with van der Waals surface area (Å²) in [5.41, 5.74) is 2.74. The molecule has 0 amide bonds. The molecule has 0 spiro atoms. The van der Waals surface area contributed by atoms with Crippen molar-refractivity contribution in [2.75, 3.05) is 19.8 Å². The lowest BCUT2D eigenvalue weighted by Crippen LogP contribution is -2.19. The zero-order valence-corrected chi connectivity index (χ0v) is 11.1. The number of rotatable bonds is 7. The Morgan fingerprint density at radius 1 is 1.44 bits per heavy atom. The molecule has 0 bridgehead atoms. The van der Waals surface area contributed by atoms with Crippen LogP contribution in [0, 0.1) is 0 Å². The highest BCUT2D eigenvalue weighted by atomic mass is 16.5. The van der Waals surface area contributed by atoms with Crippen molar-refractivity contribution in [1.82, 2.24) is 5.32 Å². The van der Waals surface area contributed by atoms with Gasteiger partial charge < -0.3 is 15.2 Å². The average Bonchev–Trinajstić information content (AvgIpc) is 2.81. The lowest BCUT2D eigenvalue weighted by molar-refractivity contribution is 0.232. The van der Waals surface area contributed by atoms with Crippen LogP contribution in [-0.4, -0.2) is 24.9 Å². The molecule has 1 aromatic carbocycles. The zero-order valence-electron chi connectivity index (χ0n) is 11.1. The van der Waals surface area contributed by atoms with Gasteiger partial charge in [0.2, 0.25) is 0 Å². The largest absolute Gasteiger partial charge is 0.493 e. The highest BCUT2D eigenvalue weighted by molar-refractivity contribution is 5.45. The molecule has 1 aliphatic carbocycles. The Hall–Kier alpha value is -1.06. The van der Waals surface area contributed by atoms with E-state index in [1.54, 1.807) is 0 Å². The number of nitrogens with one attached hydrogen (secondary N) is 1. The molecule has 3 nitrogen and oxygen atoms in total. The SMILES string of the molecule is CCCNC1CCc2c(OCCCO)cccc21. The Balaban J connectivity index is 2.04. The van der Waals surface area contributed by atoms with Crippen LogP contribution in [0.2, 0.25) is 0 Å². The first kappa shape index (κ1) is 13.4. The number of hydrogen-bond donors (Lipinski definition) is 2. The van der Waals surface area contributed by atoms with Gasteiger partial charge in [-0.15, -0.1) is 0 Å². The fourth-order valence-electron chi connectivity index (χ4n) is 2.53. The van der Waals surface area contributed by atoms with E-state index in [1.165, 1.54) is 17.5 Å². The van der Waals surface area contributed by atoms with Gasteiger partial charge in [-0.3, -0.25) is 0 Å². The van der Waals surface area contributed by atoms with E-state index >= 15 is 0 Å². The van der Waals surface area contributed by atoms with E-state index in [-0.39, 0.29) is 6.61 Å². The Labute approximate surface area is 109 Å². The smallest absolute Gasteiger partial charge is 0.122 e. The first-order chi connectivity index (χ1) is 8.86. The van der Waals surface area contributed by atoms with Gasteiger partial charge in [0.05, 0.1) is 6.61 Å². The molecule has 3 heteroatoms. The molecule has 0 fully saturated rings. The maximum Gasteiger partial charge on any atom is 0.122 e. The van der Waals surface area contributed by atoms with Crippen molar-refractivity contribution < 1.29 is 9.84 Å². The van der Waals surface area contributed by atoms with Crippen molar-refractivity contribution in [3.63, 3.8) is 0 Å². The van der Waals surface area contributed by atoms with Gasteiger partial charge in [0.15, 0.2) is 0 Å². The molecule has 2 N–H and O–H groups in total. The minimum absolute atomic E-state index is 0.190. The number of aliphatic hydroxyl groups is 1. The molecule has 1 atom stereocenters. The van der Waals surface area contributed by atoms with Gasteiger partial charge in [-0.1, -0.05) is 19.1 Å². The van der Waals surface area contributed by atoms with Gasteiger partial charge >= 0.3 is 0 Å². The fourth-order valence-corrected chi connectivity index (χ4v) is 2.53. The standard InChI is InChI=1S/C15H23NO2/c1-2-9-16-14-8-7-13-12(14)5-3-6-15(13)18-11-4-10-17/h3,5-6,14,16-17H,2,4,7-11H2,1H3. The molecule has 0 saturated carbocycles. The van der Waals surface area contributed by atoms with Gasteiger partial charge in [-0.2, -0.15) is 0 Å². The van der Waals surface area contributed by atoms with Crippen LogP contribution in [0.3, 0.4) is 0 Å². The van der Waals surface area contributed by atoms with E-state index in [2.05, 4.69) is 24.4 Å². The summed E-state index contributed by atoms with van der Waals surface area (Å²) < 4.78 is 5.75. The summed E-state index contributed by atoms with van der Waals surface area (Å²) >= 11 is 0. The summed E-state index contributed by atoms with van der Waals surface area (Å²) in [7, 11) is 0. The van der Waals surface area contributed by atoms with Crippen LogP contribution >= 0.6 is 0 Å². The Morgan fingerprint density at radius 2 is 2.33 bits per heavy atom. The van der Waals surface area contributed by atoms with E-state index in [0.717, 1.165) is 25.1 Å². The minimum atomic E-state index is 0.190. The molecule has 0 aromatic heterocycles. The molecule has 1 aromatic rings. The molecule has 0 saturated heterocycles. The van der Waals surface area contributed by atoms with Crippen molar-refractivity contribution >= 4 is 0 Å². The monoisotopic (exact) mass is 249 g/mol. The van der Waals surface area contributed by atoms with Gasteiger partial charge in [0, 0.05) is 19.1 Å². The van der Waals surface area contributed by atoms with Gasteiger partial charge in [-0.25, -0.2) is 0 Å². The molecule has 1 aliphatic rings. The number of fused-ring (bicyclic) bond motifs is 1. The number of benzene rings is 1. The van der Waals surface area contributed by atoms with Gasteiger partial charge in [0.25, 0.3) is 0 Å². The van der Waals surface area contributed by atoms with E-state index in [4.69, 9.17) is 9.84 Å². The van der Waals surface area contributed by atoms with E-state index in [9.17, 15) is 0 Å². The lowest BCUT2D eigenvalue weighted by Gasteiger charge is -2.14. The van der Waals surface area contributed by atoms with Gasteiger partial charge in [-0.05, 0) is 43.0 Å². The summed E-state index contributed by atoms with van der Waals surface area (Å²) in [5.74, 6) is 1.00. The highest BCUT2D eigenvalue weighted by Gasteiger charge is 2.24. The summed E-state index contributed by atoms with van der Waals surface area (Å²) in [6.07, 6.45) is 4.11. The molecule has 0 radical (unpaired) electrons. The van der Waals surface area contributed by atoms with Crippen molar-refractivity contribution in [2.45, 2.75) is 38.6 Å². The predicted molar refractivity (Wildman–Crippen MR) is 73.0 cm³/mol. The number of aliphatic hydroxyl groups excluding tert-OH is 1. The van der Waals surface area contributed by atoms with Crippen LogP contribution in [0.15, 0.2) is 18.2 Å². The van der Waals surface area contributed by atoms with Crippen LogP contribution in [0.4, 0.5) is 0 Å². The van der Waals surface area contributed by atoms with Crippen LogP contribution in [0.1, 0.15) is 43.4 Å². The Bertz CT molecular complexity index is 379. The normalized spacial score (nSPS) is 17.8. The first-order valence-corrected chi connectivity index (χ1v) is 6.95. The van der Waals surface area contributed by atoms with Crippen LogP contribution in [-0.2, 0) is 6.42 Å². The maximum atomic E-state index is 8.79. The fraction of sp³-hybridized carbons (Fsp3) is 0.600. The van der Waals surface area contributed by atoms with E-state index in [0.29, 0.717) is 19.1 Å². The van der Waals surface area contributed by atoms with Crippen molar-refractivity contribution in [3.8, 4) is 5.75 Å². The molecule has 100 valence electrons. The van der Waals surface area contributed by atoms with E-state index < -0.39 is 0 Å². The summed E-state index contributed by atoms with van der Waals surface area (Å²) in [5, 5.41) is 12.4. The number of hydrogen-bond acceptors (Lipinski definition) is 3. The maximum absolute atomic E-state index is 8.79. The molecular formula is C15H23NO2. The average molecular weight is 249 g/mol. The molecule has 0 aliphatic heterocycles. The van der Waals surface area contributed by atoms with Crippen LogP contribution < -0.4 is 10.1 Å². The van der Waals surface area contributed by atoms with E-state index in [1.807, 2.05) is 6.07 Å². The Kier molecular flexibility index (Phi) is 5.02. The molecule has 1 unspecified atom stereocenters. The minimum Gasteiger partial charge on any atom is -0.493 e. The third-order valence-electron chi connectivity index (χ3n) is 3.43. The van der Waals surface area contributed by atoms with Crippen LogP contribution in [0.5, 0.6) is 5.75 Å². The third-order valence-corrected chi connectivity index (χ3v) is 3.43. The topological polar surface area (TPSA) is 41.5 Å². The lowest BCUT2D eigenvalue weighted by atomic mass is 10.1. The molecule has 2 rings (SSSR count). The quantitative estimate of drug-likeness (QED) is 0.729. The predicted octanol–water partition coefficient (Wildman–Crippen LogP) is 2.43. The number of ether oxygens (including phenoxy) is 1. The highest BCUT2D eigenvalue weighted by Crippen LogP contribution is 2.36. The molecular weight excluding hydrogens is 226 g/mol. The molecule has 18 heavy (non-hydrogen) atoms. The Morgan fingerprint density at radius 3 is 3.11 bits per heavy atom. The third kappa shape index (κ3) is 3.03. The second-order valence-corrected chi connectivity index (χ2v) is 4.79.